The first-order valence-electron chi connectivity index (χ1n) is 9.45. The molecule has 6 nitrogen and oxygen atoms in total. The van der Waals surface area contributed by atoms with Gasteiger partial charge in [-0.1, -0.05) is 31.0 Å². The average Bonchev–Trinajstić information content (AvgIpc) is 3.03. The summed E-state index contributed by atoms with van der Waals surface area (Å²) in [6, 6.07) is 7.38. The van der Waals surface area contributed by atoms with Crippen LogP contribution in [0.2, 0.25) is 0 Å². The number of ketones is 1. The van der Waals surface area contributed by atoms with E-state index in [9.17, 15) is 9.59 Å². The Bertz CT molecular complexity index is 810. The van der Waals surface area contributed by atoms with Crippen molar-refractivity contribution in [2.24, 2.45) is 0 Å². The fourth-order valence-electron chi connectivity index (χ4n) is 3.43. The minimum atomic E-state index is -0.302. The molecule has 0 bridgehead atoms. The first kappa shape index (κ1) is 19.6. The highest BCUT2D eigenvalue weighted by atomic mass is 32.2. The van der Waals surface area contributed by atoms with Gasteiger partial charge in [0.05, 0.1) is 5.25 Å². The van der Waals surface area contributed by atoms with Gasteiger partial charge in [0.25, 0.3) is 0 Å². The number of anilines is 1. The fourth-order valence-corrected chi connectivity index (χ4v) is 4.40. The van der Waals surface area contributed by atoms with Gasteiger partial charge in [-0.2, -0.15) is 0 Å². The highest BCUT2D eigenvalue weighted by Crippen LogP contribution is 2.33. The molecule has 0 unspecified atom stereocenters. The second-order valence-corrected chi connectivity index (χ2v) is 8.38. The zero-order chi connectivity index (χ0) is 19.4. The lowest BCUT2D eigenvalue weighted by Gasteiger charge is -2.25. The second kappa shape index (κ2) is 8.69. The van der Waals surface area contributed by atoms with Crippen LogP contribution in [0.4, 0.5) is 5.69 Å². The standard InChI is InChI=1S/C20H26N4O2S/c1-13(25)16-9-11-17(12-10-16)21-19(26)14(2)27-20-23-22-15(3)24(20)18-7-5-4-6-8-18/h9-12,14,18H,4-8H2,1-3H3,(H,21,26)/t14-/m0/s1. The van der Waals surface area contributed by atoms with Gasteiger partial charge in [0, 0.05) is 17.3 Å². The molecule has 27 heavy (non-hydrogen) atoms. The van der Waals surface area contributed by atoms with Crippen LogP contribution in [-0.4, -0.2) is 31.7 Å². The maximum absolute atomic E-state index is 12.6. The van der Waals surface area contributed by atoms with Crippen molar-refractivity contribution in [3.8, 4) is 0 Å². The maximum atomic E-state index is 12.6. The van der Waals surface area contributed by atoms with Crippen LogP contribution in [0, 0.1) is 6.92 Å². The molecule has 1 aliphatic rings. The van der Waals surface area contributed by atoms with Crippen LogP contribution in [0.3, 0.4) is 0 Å². The summed E-state index contributed by atoms with van der Waals surface area (Å²) in [4.78, 5) is 23.9. The lowest BCUT2D eigenvalue weighted by Crippen LogP contribution is -2.23. The smallest absolute Gasteiger partial charge is 0.237 e. The monoisotopic (exact) mass is 386 g/mol. The molecule has 1 aliphatic carbocycles. The third-order valence-corrected chi connectivity index (χ3v) is 6.04. The zero-order valence-electron chi connectivity index (χ0n) is 16.1. The number of hydrogen-bond acceptors (Lipinski definition) is 5. The molecule has 0 saturated heterocycles. The molecule has 2 aromatic rings. The molecule has 1 aromatic carbocycles. The van der Waals surface area contributed by atoms with Crippen LogP contribution in [0.15, 0.2) is 29.4 Å². The normalized spacial score (nSPS) is 16.1. The van der Waals surface area contributed by atoms with Crippen molar-refractivity contribution < 1.29 is 9.59 Å². The van der Waals surface area contributed by atoms with Crippen molar-refractivity contribution in [2.45, 2.75) is 69.3 Å². The summed E-state index contributed by atoms with van der Waals surface area (Å²) in [6.07, 6.45) is 6.06. The Hall–Kier alpha value is -2.15. The molecule has 144 valence electrons. The first-order chi connectivity index (χ1) is 13.0. The van der Waals surface area contributed by atoms with Crippen LogP contribution in [0.25, 0.3) is 0 Å². The number of rotatable bonds is 6. The molecular formula is C20H26N4O2S. The highest BCUT2D eigenvalue weighted by molar-refractivity contribution is 8.00. The van der Waals surface area contributed by atoms with E-state index in [1.807, 2.05) is 13.8 Å². The average molecular weight is 387 g/mol. The molecule has 0 radical (unpaired) electrons. The summed E-state index contributed by atoms with van der Waals surface area (Å²) in [5.41, 5.74) is 1.31. The van der Waals surface area contributed by atoms with E-state index in [1.54, 1.807) is 24.3 Å². The molecule has 7 heteroatoms. The number of hydrogen-bond donors (Lipinski definition) is 1. The van der Waals surface area contributed by atoms with Crippen LogP contribution in [-0.2, 0) is 4.79 Å². The third-order valence-electron chi connectivity index (χ3n) is 4.99. The summed E-state index contributed by atoms with van der Waals surface area (Å²) >= 11 is 1.44. The number of Topliss-reactive ketones (excluding diaryl/α,β-unsaturated/α-hetero) is 1. The Kier molecular flexibility index (Phi) is 6.31. The molecule has 3 rings (SSSR count). The topological polar surface area (TPSA) is 76.9 Å². The minimum Gasteiger partial charge on any atom is -0.325 e. The van der Waals surface area contributed by atoms with Gasteiger partial charge >= 0.3 is 0 Å². The highest BCUT2D eigenvalue weighted by Gasteiger charge is 2.24. The molecule has 0 aliphatic heterocycles. The van der Waals surface area contributed by atoms with E-state index in [0.717, 1.165) is 23.8 Å². The van der Waals surface area contributed by atoms with Gasteiger partial charge in [0.15, 0.2) is 10.9 Å². The Morgan fingerprint density at radius 1 is 1.15 bits per heavy atom. The first-order valence-corrected chi connectivity index (χ1v) is 10.3. The molecule has 1 atom stereocenters. The van der Waals surface area contributed by atoms with E-state index in [1.165, 1.54) is 37.9 Å². The van der Waals surface area contributed by atoms with E-state index in [4.69, 9.17) is 0 Å². The van der Waals surface area contributed by atoms with Crippen molar-refractivity contribution in [1.82, 2.24) is 14.8 Å². The van der Waals surface area contributed by atoms with Gasteiger partial charge < -0.3 is 9.88 Å². The fraction of sp³-hybridized carbons (Fsp3) is 0.500. The summed E-state index contributed by atoms with van der Waals surface area (Å²) in [7, 11) is 0. The third kappa shape index (κ3) is 4.77. The van der Waals surface area contributed by atoms with Crippen molar-refractivity contribution in [2.75, 3.05) is 5.32 Å². The summed E-state index contributed by atoms with van der Waals surface area (Å²) < 4.78 is 2.20. The summed E-state index contributed by atoms with van der Waals surface area (Å²) in [5, 5.41) is 12.0. The maximum Gasteiger partial charge on any atom is 0.237 e. The number of thioether (sulfide) groups is 1. The number of benzene rings is 1. The van der Waals surface area contributed by atoms with Gasteiger partial charge in [0.1, 0.15) is 5.82 Å². The van der Waals surface area contributed by atoms with Crippen LogP contribution >= 0.6 is 11.8 Å². The van der Waals surface area contributed by atoms with Crippen LogP contribution < -0.4 is 5.32 Å². The lowest BCUT2D eigenvalue weighted by atomic mass is 9.95. The SMILES string of the molecule is CC(=O)c1ccc(NC(=O)[C@H](C)Sc2nnc(C)n2C2CCCCC2)cc1. The Morgan fingerprint density at radius 2 is 1.81 bits per heavy atom. The molecule has 1 fully saturated rings. The molecule has 1 N–H and O–H groups in total. The van der Waals surface area contributed by atoms with Crippen molar-refractivity contribution in [1.29, 1.82) is 0 Å². The molecule has 1 aromatic heterocycles. The number of carbonyl (C=O) groups excluding carboxylic acids is 2. The molecule has 1 saturated carbocycles. The van der Waals surface area contributed by atoms with Gasteiger partial charge in [-0.3, -0.25) is 9.59 Å². The number of nitrogens with zero attached hydrogens (tertiary/aromatic N) is 3. The van der Waals surface area contributed by atoms with E-state index in [0.29, 0.717) is 17.3 Å². The van der Waals surface area contributed by atoms with Gasteiger partial charge in [-0.25, -0.2) is 0 Å². The number of amides is 1. The van der Waals surface area contributed by atoms with Crippen molar-refractivity contribution >= 4 is 29.1 Å². The molecular weight excluding hydrogens is 360 g/mol. The number of aryl methyl sites for hydroxylation is 1. The predicted molar refractivity (Wildman–Crippen MR) is 107 cm³/mol. The molecule has 1 amide bonds. The summed E-state index contributed by atoms with van der Waals surface area (Å²) in [6.45, 7) is 5.38. The molecule has 0 spiro atoms. The van der Waals surface area contributed by atoms with Gasteiger partial charge in [-0.15, -0.1) is 10.2 Å². The van der Waals surface area contributed by atoms with Crippen molar-refractivity contribution in [3.63, 3.8) is 0 Å². The lowest BCUT2D eigenvalue weighted by molar-refractivity contribution is -0.115. The number of nitrogens with one attached hydrogen (secondary N) is 1. The Morgan fingerprint density at radius 3 is 2.44 bits per heavy atom. The summed E-state index contributed by atoms with van der Waals surface area (Å²) in [5.74, 6) is 0.831. The number of carbonyl (C=O) groups is 2. The van der Waals surface area contributed by atoms with E-state index in [-0.39, 0.29) is 16.9 Å². The minimum absolute atomic E-state index is 0.00854. The number of aromatic nitrogens is 3. The predicted octanol–water partition coefficient (Wildman–Crippen LogP) is 4.41. The second-order valence-electron chi connectivity index (χ2n) is 7.07. The Labute approximate surface area is 164 Å². The zero-order valence-corrected chi connectivity index (χ0v) is 16.9. The largest absolute Gasteiger partial charge is 0.325 e. The Balaban J connectivity index is 1.65. The van der Waals surface area contributed by atoms with Gasteiger partial charge in [-0.05, 0) is 57.9 Å². The van der Waals surface area contributed by atoms with E-state index >= 15 is 0 Å². The van der Waals surface area contributed by atoms with E-state index in [2.05, 4.69) is 20.1 Å². The molecule has 1 heterocycles. The quantitative estimate of drug-likeness (QED) is 0.588. The van der Waals surface area contributed by atoms with Gasteiger partial charge in [0.2, 0.25) is 5.91 Å². The van der Waals surface area contributed by atoms with Crippen LogP contribution in [0.1, 0.15) is 68.2 Å². The van der Waals surface area contributed by atoms with Crippen molar-refractivity contribution in [3.05, 3.63) is 35.7 Å². The van der Waals surface area contributed by atoms with Crippen LogP contribution in [0.5, 0.6) is 0 Å². The van der Waals surface area contributed by atoms with E-state index < -0.39 is 0 Å².